The molecule has 1 fully saturated rings. The second-order valence-electron chi connectivity index (χ2n) is 7.11. The third-order valence-electron chi connectivity index (χ3n) is 5.23. The molecule has 0 radical (unpaired) electrons. The first kappa shape index (κ1) is 16.9. The van der Waals surface area contributed by atoms with Gasteiger partial charge in [-0.15, -0.1) is 22.7 Å². The van der Waals surface area contributed by atoms with E-state index in [0.29, 0.717) is 6.54 Å². The van der Waals surface area contributed by atoms with Crippen molar-refractivity contribution in [1.82, 2.24) is 5.01 Å². The summed E-state index contributed by atoms with van der Waals surface area (Å²) in [6.07, 6.45) is 3.26. The van der Waals surface area contributed by atoms with Crippen LogP contribution in [0.15, 0.2) is 40.1 Å². The summed E-state index contributed by atoms with van der Waals surface area (Å²) in [6, 6.07) is 8.39. The standard InChI is InChI=1S/C19H23N3OS2/c1-14-6-8-21(9-7-14)13-19(23)22-16(18-5-3-11-25-18)12-15(20-22)17-4-2-10-24-17/h2-5,10-11,14,16H,6-9,12-13H2,1H3/p+1/t16-/m0/s1. The van der Waals surface area contributed by atoms with Crippen molar-refractivity contribution in [3.05, 3.63) is 44.8 Å². The molecule has 0 unspecified atom stereocenters. The maximum atomic E-state index is 13.0. The van der Waals surface area contributed by atoms with Crippen molar-refractivity contribution >= 4 is 34.3 Å². The van der Waals surface area contributed by atoms with Crippen LogP contribution in [0.1, 0.15) is 42.0 Å². The maximum Gasteiger partial charge on any atom is 0.298 e. The summed E-state index contributed by atoms with van der Waals surface area (Å²) in [5.41, 5.74) is 1.05. The lowest BCUT2D eigenvalue weighted by Crippen LogP contribution is -3.14. The Hall–Kier alpha value is -1.50. The summed E-state index contributed by atoms with van der Waals surface area (Å²) in [4.78, 5) is 16.8. The average Bonchev–Trinajstić information content (AvgIpc) is 3.36. The molecule has 1 saturated heterocycles. The largest absolute Gasteiger partial charge is 0.327 e. The Balaban J connectivity index is 1.52. The molecule has 1 N–H and O–H groups in total. The number of amides is 1. The fraction of sp³-hybridized carbons (Fsp3) is 0.474. The topological polar surface area (TPSA) is 37.1 Å². The van der Waals surface area contributed by atoms with Crippen molar-refractivity contribution < 1.29 is 9.69 Å². The van der Waals surface area contributed by atoms with Crippen LogP contribution in [0.4, 0.5) is 0 Å². The molecule has 1 atom stereocenters. The van der Waals surface area contributed by atoms with E-state index in [1.54, 1.807) is 27.7 Å². The average molecular weight is 375 g/mol. The molecule has 6 heteroatoms. The van der Waals surface area contributed by atoms with Crippen LogP contribution < -0.4 is 4.90 Å². The van der Waals surface area contributed by atoms with E-state index in [4.69, 9.17) is 5.10 Å². The Morgan fingerprint density at radius 2 is 2.00 bits per heavy atom. The SMILES string of the molecule is CC1CC[NH+](CC(=O)N2N=C(c3cccs3)C[C@H]2c2cccs2)CC1. The monoisotopic (exact) mass is 374 g/mol. The molecule has 132 valence electrons. The highest BCUT2D eigenvalue weighted by molar-refractivity contribution is 7.12. The van der Waals surface area contributed by atoms with Gasteiger partial charge >= 0.3 is 0 Å². The number of carbonyl (C=O) groups is 1. The van der Waals surface area contributed by atoms with Crippen LogP contribution in [0.25, 0.3) is 0 Å². The van der Waals surface area contributed by atoms with E-state index >= 15 is 0 Å². The number of piperidine rings is 1. The summed E-state index contributed by atoms with van der Waals surface area (Å²) in [5, 5.41) is 10.7. The van der Waals surface area contributed by atoms with Crippen LogP contribution in [0.5, 0.6) is 0 Å². The van der Waals surface area contributed by atoms with Gasteiger partial charge in [-0.2, -0.15) is 5.10 Å². The molecule has 0 spiro atoms. The summed E-state index contributed by atoms with van der Waals surface area (Å²) >= 11 is 3.41. The van der Waals surface area contributed by atoms with Crippen molar-refractivity contribution in [2.75, 3.05) is 19.6 Å². The number of hydrogen-bond acceptors (Lipinski definition) is 4. The number of thiophene rings is 2. The molecule has 2 aliphatic rings. The van der Waals surface area contributed by atoms with E-state index in [1.807, 2.05) is 6.07 Å². The van der Waals surface area contributed by atoms with Gasteiger partial charge in [-0.1, -0.05) is 19.1 Å². The maximum absolute atomic E-state index is 13.0. The quantitative estimate of drug-likeness (QED) is 0.878. The first-order chi connectivity index (χ1) is 12.2. The van der Waals surface area contributed by atoms with Gasteiger partial charge in [0.25, 0.3) is 5.91 Å². The van der Waals surface area contributed by atoms with Crippen LogP contribution in [0, 0.1) is 5.92 Å². The number of nitrogens with one attached hydrogen (secondary N) is 1. The van der Waals surface area contributed by atoms with Crippen LogP contribution in [0.2, 0.25) is 0 Å². The molecular formula is C19H24N3OS2+. The molecule has 4 nitrogen and oxygen atoms in total. The zero-order chi connectivity index (χ0) is 17.2. The normalized spacial score (nSPS) is 26.7. The van der Waals surface area contributed by atoms with E-state index < -0.39 is 0 Å². The van der Waals surface area contributed by atoms with Crippen LogP contribution in [-0.2, 0) is 4.79 Å². The Bertz CT molecular complexity index is 731. The second-order valence-corrected chi connectivity index (χ2v) is 9.03. The predicted molar refractivity (Wildman–Crippen MR) is 103 cm³/mol. The van der Waals surface area contributed by atoms with Crippen LogP contribution in [0.3, 0.4) is 0 Å². The van der Waals surface area contributed by atoms with Gasteiger partial charge in [-0.3, -0.25) is 4.79 Å². The number of rotatable bonds is 4. The van der Waals surface area contributed by atoms with Gasteiger partial charge < -0.3 is 4.90 Å². The van der Waals surface area contributed by atoms with E-state index in [0.717, 1.165) is 31.1 Å². The molecule has 1 amide bonds. The van der Waals surface area contributed by atoms with Gasteiger partial charge in [-0.05, 0) is 41.7 Å². The van der Waals surface area contributed by atoms with E-state index in [1.165, 1.54) is 27.5 Å². The van der Waals surface area contributed by atoms with E-state index in [-0.39, 0.29) is 11.9 Å². The van der Waals surface area contributed by atoms with Gasteiger partial charge in [0.05, 0.1) is 29.7 Å². The van der Waals surface area contributed by atoms with E-state index in [9.17, 15) is 4.79 Å². The molecule has 4 rings (SSSR count). The first-order valence-corrected chi connectivity index (χ1v) is 10.8. The smallest absolute Gasteiger partial charge is 0.298 e. The van der Waals surface area contributed by atoms with Crippen LogP contribution in [-0.4, -0.2) is 36.3 Å². The van der Waals surface area contributed by atoms with Gasteiger partial charge in [0.2, 0.25) is 0 Å². The molecule has 2 aromatic heterocycles. The number of quaternary nitrogens is 1. The Morgan fingerprint density at radius 1 is 1.24 bits per heavy atom. The van der Waals surface area contributed by atoms with Crippen molar-refractivity contribution in [3.8, 4) is 0 Å². The lowest BCUT2D eigenvalue weighted by Gasteiger charge is -2.28. The number of carbonyl (C=O) groups excluding carboxylic acids is 1. The summed E-state index contributed by atoms with van der Waals surface area (Å²) in [5.74, 6) is 0.961. The first-order valence-electron chi connectivity index (χ1n) is 9.01. The Morgan fingerprint density at radius 3 is 2.68 bits per heavy atom. The third kappa shape index (κ3) is 3.71. The molecule has 2 aliphatic heterocycles. The van der Waals surface area contributed by atoms with Gasteiger partial charge in [0.15, 0.2) is 6.54 Å². The molecule has 0 aliphatic carbocycles. The highest BCUT2D eigenvalue weighted by Gasteiger charge is 2.36. The molecule has 0 aromatic carbocycles. The highest BCUT2D eigenvalue weighted by Crippen LogP contribution is 2.35. The third-order valence-corrected chi connectivity index (χ3v) is 7.12. The molecule has 0 bridgehead atoms. The van der Waals surface area contributed by atoms with Crippen LogP contribution >= 0.6 is 22.7 Å². The Labute approximate surface area is 156 Å². The minimum Gasteiger partial charge on any atom is -0.327 e. The lowest BCUT2D eigenvalue weighted by molar-refractivity contribution is -0.898. The van der Waals surface area contributed by atoms with Gasteiger partial charge in [0, 0.05) is 11.3 Å². The fourth-order valence-electron chi connectivity index (χ4n) is 3.68. The zero-order valence-corrected chi connectivity index (χ0v) is 16.1. The summed E-state index contributed by atoms with van der Waals surface area (Å²) in [7, 11) is 0. The van der Waals surface area contributed by atoms with Crippen molar-refractivity contribution in [2.45, 2.75) is 32.2 Å². The number of nitrogens with zero attached hydrogens (tertiary/aromatic N) is 2. The Kier molecular flexibility index (Phi) is 5.01. The fourth-order valence-corrected chi connectivity index (χ4v) is 5.21. The number of hydrogen-bond donors (Lipinski definition) is 1. The van der Waals surface area contributed by atoms with Crippen molar-refractivity contribution in [1.29, 1.82) is 0 Å². The lowest BCUT2D eigenvalue weighted by atomic mass is 9.99. The number of hydrazone groups is 1. The molecular weight excluding hydrogens is 350 g/mol. The molecule has 4 heterocycles. The van der Waals surface area contributed by atoms with Gasteiger partial charge in [-0.25, -0.2) is 5.01 Å². The molecule has 0 saturated carbocycles. The second kappa shape index (κ2) is 7.40. The van der Waals surface area contributed by atoms with Crippen molar-refractivity contribution in [3.63, 3.8) is 0 Å². The minimum absolute atomic E-state index is 0.0627. The van der Waals surface area contributed by atoms with Crippen molar-refractivity contribution in [2.24, 2.45) is 11.0 Å². The summed E-state index contributed by atoms with van der Waals surface area (Å²) in [6.45, 7) is 5.08. The minimum atomic E-state index is 0.0627. The predicted octanol–water partition coefficient (Wildman–Crippen LogP) is 2.80. The molecule has 25 heavy (non-hydrogen) atoms. The van der Waals surface area contributed by atoms with E-state index in [2.05, 4.69) is 35.9 Å². The summed E-state index contributed by atoms with van der Waals surface area (Å²) < 4.78 is 0. The number of likely N-dealkylation sites (tertiary alicyclic amines) is 1. The molecule has 2 aromatic rings. The van der Waals surface area contributed by atoms with Gasteiger partial charge in [0.1, 0.15) is 0 Å². The highest BCUT2D eigenvalue weighted by atomic mass is 32.1. The zero-order valence-electron chi connectivity index (χ0n) is 14.5.